The minimum atomic E-state index is 0.0315. The van der Waals surface area contributed by atoms with E-state index in [9.17, 15) is 4.79 Å². The highest BCUT2D eigenvalue weighted by molar-refractivity contribution is 5.26. The van der Waals surface area contributed by atoms with Crippen LogP contribution in [0.4, 0.5) is 0 Å². The van der Waals surface area contributed by atoms with E-state index in [1.165, 1.54) is 44.1 Å². The van der Waals surface area contributed by atoms with Crippen LogP contribution in [0, 0.1) is 5.41 Å². The van der Waals surface area contributed by atoms with Crippen molar-refractivity contribution >= 4 is 0 Å². The minimum absolute atomic E-state index is 0.0315. The van der Waals surface area contributed by atoms with Gasteiger partial charge in [-0.1, -0.05) is 19.4 Å². The van der Waals surface area contributed by atoms with E-state index in [-0.39, 0.29) is 5.56 Å². The lowest BCUT2D eigenvalue weighted by Crippen LogP contribution is -2.31. The molecule has 104 valence electrons. The van der Waals surface area contributed by atoms with Gasteiger partial charge < -0.3 is 10.3 Å². The molecule has 19 heavy (non-hydrogen) atoms. The van der Waals surface area contributed by atoms with Crippen molar-refractivity contribution < 1.29 is 0 Å². The van der Waals surface area contributed by atoms with E-state index in [2.05, 4.69) is 17.2 Å². The monoisotopic (exact) mass is 260 g/mol. The third-order valence-electron chi connectivity index (χ3n) is 4.79. The van der Waals surface area contributed by atoms with Crippen molar-refractivity contribution in [3.8, 4) is 0 Å². The van der Waals surface area contributed by atoms with Crippen LogP contribution in [-0.2, 0) is 6.42 Å². The molecule has 0 spiro atoms. The molecular weight excluding hydrogens is 236 g/mol. The molecule has 2 aliphatic rings. The Bertz CT molecular complexity index is 502. The fourth-order valence-corrected chi connectivity index (χ4v) is 3.47. The lowest BCUT2D eigenvalue weighted by atomic mass is 9.90. The second kappa shape index (κ2) is 5.12. The first-order valence-electron chi connectivity index (χ1n) is 7.68. The van der Waals surface area contributed by atoms with Gasteiger partial charge in [-0.25, -0.2) is 0 Å². The number of aromatic amines is 1. The largest absolute Gasteiger partial charge is 0.326 e. The Labute approximate surface area is 114 Å². The number of hydrogen-bond acceptors (Lipinski definition) is 2. The van der Waals surface area contributed by atoms with Crippen LogP contribution in [0.5, 0.6) is 0 Å². The van der Waals surface area contributed by atoms with Gasteiger partial charge in [-0.05, 0) is 49.5 Å². The van der Waals surface area contributed by atoms with Gasteiger partial charge in [0, 0.05) is 24.3 Å². The van der Waals surface area contributed by atoms with Crippen molar-refractivity contribution in [1.82, 2.24) is 10.3 Å². The Morgan fingerprint density at radius 2 is 2.26 bits per heavy atom. The average molecular weight is 260 g/mol. The molecule has 3 nitrogen and oxygen atoms in total. The number of nitrogens with one attached hydrogen (secondary N) is 2. The maximum absolute atomic E-state index is 11.4. The summed E-state index contributed by atoms with van der Waals surface area (Å²) in [6.45, 7) is 3.42. The first-order chi connectivity index (χ1) is 9.22. The zero-order valence-electron chi connectivity index (χ0n) is 11.8. The molecule has 0 amide bonds. The van der Waals surface area contributed by atoms with Crippen molar-refractivity contribution in [3.63, 3.8) is 0 Å². The van der Waals surface area contributed by atoms with Gasteiger partial charge in [0.15, 0.2) is 0 Å². The highest BCUT2D eigenvalue weighted by Crippen LogP contribution is 2.49. The zero-order chi connectivity index (χ0) is 13.3. The molecule has 0 aliphatic heterocycles. The van der Waals surface area contributed by atoms with Crippen LogP contribution in [0.1, 0.15) is 62.7 Å². The van der Waals surface area contributed by atoms with Gasteiger partial charge in [-0.2, -0.15) is 0 Å². The van der Waals surface area contributed by atoms with E-state index in [1.807, 2.05) is 6.07 Å². The number of aromatic nitrogens is 1. The Hall–Kier alpha value is -1.09. The first-order valence-corrected chi connectivity index (χ1v) is 7.68. The van der Waals surface area contributed by atoms with Crippen LogP contribution in [0.15, 0.2) is 16.9 Å². The van der Waals surface area contributed by atoms with Crippen molar-refractivity contribution in [2.24, 2.45) is 5.41 Å². The average Bonchev–Trinajstić information content (AvgIpc) is 3.16. The van der Waals surface area contributed by atoms with Crippen molar-refractivity contribution in [2.75, 3.05) is 6.54 Å². The minimum Gasteiger partial charge on any atom is -0.326 e. The molecule has 1 aromatic heterocycles. The standard InChI is InChI=1S/C16H24N2O/c1-2-8-16(9-10-16)11-17-13-4-3-5-14-12(13)6-7-15(19)18-14/h6-7,13,17H,2-5,8-11H2,1H3,(H,18,19). The molecular formula is C16H24N2O. The van der Waals surface area contributed by atoms with E-state index in [0.29, 0.717) is 11.5 Å². The second-order valence-electron chi connectivity index (χ2n) is 6.33. The summed E-state index contributed by atoms with van der Waals surface area (Å²) >= 11 is 0. The summed E-state index contributed by atoms with van der Waals surface area (Å²) in [6.07, 6.45) is 8.80. The van der Waals surface area contributed by atoms with Crippen LogP contribution in [-0.4, -0.2) is 11.5 Å². The predicted octanol–water partition coefficient (Wildman–Crippen LogP) is 2.92. The first kappa shape index (κ1) is 12.9. The maximum Gasteiger partial charge on any atom is 0.248 e. The quantitative estimate of drug-likeness (QED) is 0.855. The molecule has 3 heteroatoms. The summed E-state index contributed by atoms with van der Waals surface area (Å²) in [4.78, 5) is 14.4. The summed E-state index contributed by atoms with van der Waals surface area (Å²) in [5, 5.41) is 3.76. The molecule has 0 bridgehead atoms. The van der Waals surface area contributed by atoms with Gasteiger partial charge in [-0.3, -0.25) is 4.79 Å². The number of H-pyrrole nitrogens is 1. The molecule has 1 fully saturated rings. The number of hydrogen-bond donors (Lipinski definition) is 2. The number of pyridine rings is 1. The molecule has 1 unspecified atom stereocenters. The normalized spacial score (nSPS) is 23.9. The molecule has 2 aliphatic carbocycles. The summed E-state index contributed by atoms with van der Waals surface area (Å²) in [5.41, 5.74) is 3.09. The predicted molar refractivity (Wildman–Crippen MR) is 77.3 cm³/mol. The molecule has 0 aromatic carbocycles. The van der Waals surface area contributed by atoms with Crippen molar-refractivity contribution in [3.05, 3.63) is 33.7 Å². The van der Waals surface area contributed by atoms with Crippen LogP contribution in [0.25, 0.3) is 0 Å². The summed E-state index contributed by atoms with van der Waals surface area (Å²) in [6, 6.07) is 4.12. The molecule has 1 heterocycles. The fraction of sp³-hybridized carbons (Fsp3) is 0.688. The highest BCUT2D eigenvalue weighted by atomic mass is 16.1. The van der Waals surface area contributed by atoms with Gasteiger partial charge >= 0.3 is 0 Å². The van der Waals surface area contributed by atoms with E-state index in [1.54, 1.807) is 6.07 Å². The number of rotatable bonds is 5. The van der Waals surface area contributed by atoms with Crippen molar-refractivity contribution in [2.45, 2.75) is 57.9 Å². The molecule has 1 aromatic rings. The van der Waals surface area contributed by atoms with E-state index >= 15 is 0 Å². The SMILES string of the molecule is CCCC1(CNC2CCCc3[nH]c(=O)ccc32)CC1. The van der Waals surface area contributed by atoms with Gasteiger partial charge in [0.05, 0.1) is 0 Å². The molecule has 2 N–H and O–H groups in total. The number of aryl methyl sites for hydroxylation is 1. The van der Waals surface area contributed by atoms with Gasteiger partial charge in [-0.15, -0.1) is 0 Å². The van der Waals surface area contributed by atoms with Crippen LogP contribution >= 0.6 is 0 Å². The van der Waals surface area contributed by atoms with E-state index < -0.39 is 0 Å². The molecule has 3 rings (SSSR count). The zero-order valence-corrected chi connectivity index (χ0v) is 11.8. The van der Waals surface area contributed by atoms with Gasteiger partial charge in [0.1, 0.15) is 0 Å². The molecule has 0 saturated heterocycles. The van der Waals surface area contributed by atoms with Gasteiger partial charge in [0.2, 0.25) is 5.56 Å². The smallest absolute Gasteiger partial charge is 0.248 e. The molecule has 1 saturated carbocycles. The Morgan fingerprint density at radius 3 is 3.00 bits per heavy atom. The van der Waals surface area contributed by atoms with E-state index in [0.717, 1.165) is 18.7 Å². The Morgan fingerprint density at radius 1 is 1.42 bits per heavy atom. The number of fused-ring (bicyclic) bond motifs is 1. The fourth-order valence-electron chi connectivity index (χ4n) is 3.47. The molecule has 0 radical (unpaired) electrons. The topological polar surface area (TPSA) is 44.9 Å². The second-order valence-corrected chi connectivity index (χ2v) is 6.33. The van der Waals surface area contributed by atoms with Gasteiger partial charge in [0.25, 0.3) is 0 Å². The third-order valence-corrected chi connectivity index (χ3v) is 4.79. The summed E-state index contributed by atoms with van der Waals surface area (Å²) < 4.78 is 0. The van der Waals surface area contributed by atoms with E-state index in [4.69, 9.17) is 0 Å². The maximum atomic E-state index is 11.4. The van der Waals surface area contributed by atoms with Crippen LogP contribution in [0.2, 0.25) is 0 Å². The lowest BCUT2D eigenvalue weighted by Gasteiger charge is -2.28. The third kappa shape index (κ3) is 2.76. The highest BCUT2D eigenvalue weighted by Gasteiger charge is 2.41. The van der Waals surface area contributed by atoms with Crippen LogP contribution < -0.4 is 10.9 Å². The molecule has 1 atom stereocenters. The van der Waals surface area contributed by atoms with Crippen LogP contribution in [0.3, 0.4) is 0 Å². The summed E-state index contributed by atoms with van der Waals surface area (Å²) in [5.74, 6) is 0. The summed E-state index contributed by atoms with van der Waals surface area (Å²) in [7, 11) is 0. The lowest BCUT2D eigenvalue weighted by molar-refractivity contribution is 0.366. The Balaban J connectivity index is 1.68. The van der Waals surface area contributed by atoms with Crippen molar-refractivity contribution in [1.29, 1.82) is 0 Å². The Kier molecular flexibility index (Phi) is 3.48.